The quantitative estimate of drug-likeness (QED) is 0.817. The molecule has 0 saturated carbocycles. The van der Waals surface area contributed by atoms with E-state index in [1.165, 1.54) is 22.6 Å². The lowest BCUT2D eigenvalue weighted by Gasteiger charge is -2.36. The molecule has 140 valence electrons. The monoisotopic (exact) mass is 384 g/mol. The second-order valence-electron chi connectivity index (χ2n) is 6.93. The number of hydrogen-bond acceptors (Lipinski definition) is 3. The number of halogens is 1. The van der Waals surface area contributed by atoms with Crippen LogP contribution >= 0.6 is 11.8 Å². The van der Waals surface area contributed by atoms with Gasteiger partial charge in [-0.25, -0.2) is 4.39 Å². The second-order valence-corrected chi connectivity index (χ2v) is 8.17. The number of fused-ring (bicyclic) bond motifs is 1. The molecule has 0 aliphatic carbocycles. The number of rotatable bonds is 3. The molecule has 2 amide bonds. The summed E-state index contributed by atoms with van der Waals surface area (Å²) in [6, 6.07) is 14.2. The molecule has 2 aromatic carbocycles. The number of hydrogen-bond donors (Lipinski definition) is 0. The van der Waals surface area contributed by atoms with Gasteiger partial charge in [0.2, 0.25) is 11.8 Å². The molecule has 4 rings (SSSR count). The molecule has 2 aliphatic heterocycles. The minimum atomic E-state index is -0.301. The number of carbonyl (C=O) groups is 2. The van der Waals surface area contributed by atoms with Crippen LogP contribution in [0, 0.1) is 5.82 Å². The highest BCUT2D eigenvalue weighted by molar-refractivity contribution is 8.01. The summed E-state index contributed by atoms with van der Waals surface area (Å²) in [6.07, 6.45) is 1.05. The van der Waals surface area contributed by atoms with Crippen LogP contribution in [0.25, 0.3) is 0 Å². The molecule has 0 bridgehead atoms. The first-order valence-electron chi connectivity index (χ1n) is 9.16. The van der Waals surface area contributed by atoms with Crippen molar-refractivity contribution in [1.82, 2.24) is 9.80 Å². The fourth-order valence-corrected chi connectivity index (χ4v) is 4.87. The highest BCUT2D eigenvalue weighted by Gasteiger charge is 2.33. The van der Waals surface area contributed by atoms with Gasteiger partial charge in [-0.1, -0.05) is 30.3 Å². The van der Waals surface area contributed by atoms with E-state index in [9.17, 15) is 14.0 Å². The first-order chi connectivity index (χ1) is 13.1. The molecule has 0 aromatic heterocycles. The zero-order valence-electron chi connectivity index (χ0n) is 14.9. The molecule has 1 unspecified atom stereocenters. The minimum absolute atomic E-state index is 0.0244. The van der Waals surface area contributed by atoms with E-state index in [1.54, 1.807) is 28.8 Å². The molecule has 1 atom stereocenters. The molecule has 0 spiro atoms. The Kier molecular flexibility index (Phi) is 5.16. The second kappa shape index (κ2) is 7.72. The van der Waals surface area contributed by atoms with E-state index in [-0.39, 0.29) is 29.3 Å². The molecule has 0 radical (unpaired) electrons. The van der Waals surface area contributed by atoms with Gasteiger partial charge in [0.25, 0.3) is 0 Å². The van der Waals surface area contributed by atoms with Gasteiger partial charge in [0.1, 0.15) is 5.82 Å². The van der Waals surface area contributed by atoms with Crippen molar-refractivity contribution in [2.75, 3.05) is 26.2 Å². The van der Waals surface area contributed by atoms with E-state index in [1.807, 2.05) is 17.0 Å². The largest absolute Gasteiger partial charge is 0.339 e. The smallest absolute Gasteiger partial charge is 0.236 e. The van der Waals surface area contributed by atoms with E-state index >= 15 is 0 Å². The van der Waals surface area contributed by atoms with Crippen LogP contribution < -0.4 is 0 Å². The third-order valence-electron chi connectivity index (χ3n) is 5.14. The van der Waals surface area contributed by atoms with E-state index in [0.717, 1.165) is 12.0 Å². The predicted molar refractivity (Wildman–Crippen MR) is 103 cm³/mol. The first kappa shape index (κ1) is 18.0. The normalized spacial score (nSPS) is 19.1. The van der Waals surface area contributed by atoms with Gasteiger partial charge < -0.3 is 9.80 Å². The van der Waals surface area contributed by atoms with Gasteiger partial charge in [-0.3, -0.25) is 9.59 Å². The van der Waals surface area contributed by atoms with Gasteiger partial charge in [0, 0.05) is 31.1 Å². The Bertz CT molecular complexity index is 823. The Morgan fingerprint density at radius 1 is 0.963 bits per heavy atom. The van der Waals surface area contributed by atoms with Gasteiger partial charge in [-0.15, -0.1) is 11.8 Å². The van der Waals surface area contributed by atoms with E-state index in [4.69, 9.17) is 0 Å². The summed E-state index contributed by atoms with van der Waals surface area (Å²) in [5, 5.41) is -0.0520. The SMILES string of the molecule is O=C(Cc1ccc(F)cc1)N1CCN(C(=O)C2Cc3ccccc3S2)CC1. The molecular weight excluding hydrogens is 363 g/mol. The van der Waals surface area contributed by atoms with Crippen LogP contribution in [0.15, 0.2) is 53.4 Å². The van der Waals surface area contributed by atoms with E-state index in [2.05, 4.69) is 12.1 Å². The van der Waals surface area contributed by atoms with Crippen molar-refractivity contribution < 1.29 is 14.0 Å². The van der Waals surface area contributed by atoms with Gasteiger partial charge >= 0.3 is 0 Å². The molecule has 4 nitrogen and oxygen atoms in total. The molecule has 1 fully saturated rings. The standard InChI is InChI=1S/C21H21FN2O2S/c22-17-7-5-15(6-8-17)13-20(25)23-9-11-24(12-10-23)21(26)19-14-16-3-1-2-4-18(16)27-19/h1-8,19H,9-14H2. The van der Waals surface area contributed by atoms with Crippen molar-refractivity contribution in [2.24, 2.45) is 0 Å². The van der Waals surface area contributed by atoms with Crippen molar-refractivity contribution in [3.63, 3.8) is 0 Å². The van der Waals surface area contributed by atoms with Crippen molar-refractivity contribution in [3.8, 4) is 0 Å². The number of thioether (sulfide) groups is 1. The van der Waals surface area contributed by atoms with Crippen molar-refractivity contribution in [3.05, 3.63) is 65.5 Å². The molecule has 1 saturated heterocycles. The topological polar surface area (TPSA) is 40.6 Å². The highest BCUT2D eigenvalue weighted by atomic mass is 32.2. The number of piperazine rings is 1. The van der Waals surface area contributed by atoms with Crippen LogP contribution in [-0.2, 0) is 22.4 Å². The zero-order chi connectivity index (χ0) is 18.8. The van der Waals surface area contributed by atoms with E-state index < -0.39 is 0 Å². The first-order valence-corrected chi connectivity index (χ1v) is 10.0. The minimum Gasteiger partial charge on any atom is -0.339 e. The van der Waals surface area contributed by atoms with Crippen LogP contribution in [0.4, 0.5) is 4.39 Å². The lowest BCUT2D eigenvalue weighted by molar-refractivity contribution is -0.138. The maximum absolute atomic E-state index is 13.0. The van der Waals surface area contributed by atoms with Crippen molar-refractivity contribution in [1.29, 1.82) is 0 Å². The molecule has 6 heteroatoms. The lowest BCUT2D eigenvalue weighted by Crippen LogP contribution is -2.52. The summed E-state index contributed by atoms with van der Waals surface area (Å²) in [5.41, 5.74) is 2.05. The fourth-order valence-electron chi connectivity index (χ4n) is 3.59. The number of amides is 2. The Hall–Kier alpha value is -2.34. The lowest BCUT2D eigenvalue weighted by atomic mass is 10.1. The molecule has 2 aromatic rings. The van der Waals surface area contributed by atoms with Gasteiger partial charge in [-0.05, 0) is 35.7 Å². The maximum atomic E-state index is 13.0. The average Bonchev–Trinajstić information content (AvgIpc) is 3.13. The Morgan fingerprint density at radius 2 is 1.63 bits per heavy atom. The third-order valence-corrected chi connectivity index (χ3v) is 6.44. The summed E-state index contributed by atoms with van der Waals surface area (Å²) in [6.45, 7) is 2.25. The third kappa shape index (κ3) is 4.00. The van der Waals surface area contributed by atoms with Crippen LogP contribution in [0.3, 0.4) is 0 Å². The molecule has 27 heavy (non-hydrogen) atoms. The number of benzene rings is 2. The summed E-state index contributed by atoms with van der Waals surface area (Å²) in [7, 11) is 0. The Labute approximate surface area is 162 Å². The Morgan fingerprint density at radius 3 is 2.33 bits per heavy atom. The Balaban J connectivity index is 1.29. The predicted octanol–water partition coefficient (Wildman–Crippen LogP) is 2.76. The van der Waals surface area contributed by atoms with Crippen LogP contribution in [0.1, 0.15) is 11.1 Å². The summed E-state index contributed by atoms with van der Waals surface area (Å²) >= 11 is 1.65. The van der Waals surface area contributed by atoms with Crippen LogP contribution in [0.2, 0.25) is 0 Å². The van der Waals surface area contributed by atoms with Crippen LogP contribution in [-0.4, -0.2) is 53.0 Å². The van der Waals surface area contributed by atoms with Gasteiger partial charge in [-0.2, -0.15) is 0 Å². The number of nitrogens with zero attached hydrogens (tertiary/aromatic N) is 2. The van der Waals surface area contributed by atoms with Crippen molar-refractivity contribution >= 4 is 23.6 Å². The van der Waals surface area contributed by atoms with E-state index in [0.29, 0.717) is 26.2 Å². The summed E-state index contributed by atoms with van der Waals surface area (Å²) in [4.78, 5) is 30.2. The molecule has 2 heterocycles. The maximum Gasteiger partial charge on any atom is 0.236 e. The summed E-state index contributed by atoms with van der Waals surface area (Å²) in [5.74, 6) is -0.108. The van der Waals surface area contributed by atoms with Gasteiger partial charge in [0.05, 0.1) is 11.7 Å². The fraction of sp³-hybridized carbons (Fsp3) is 0.333. The zero-order valence-corrected chi connectivity index (χ0v) is 15.8. The van der Waals surface area contributed by atoms with Gasteiger partial charge in [0.15, 0.2) is 0 Å². The van der Waals surface area contributed by atoms with Crippen molar-refractivity contribution in [2.45, 2.75) is 23.0 Å². The summed E-state index contributed by atoms with van der Waals surface area (Å²) < 4.78 is 13.0. The highest BCUT2D eigenvalue weighted by Crippen LogP contribution is 2.37. The number of carbonyl (C=O) groups excluding carboxylic acids is 2. The average molecular weight is 384 g/mol. The molecular formula is C21H21FN2O2S. The van der Waals surface area contributed by atoms with Crippen LogP contribution in [0.5, 0.6) is 0 Å². The molecule has 2 aliphatic rings. The molecule has 0 N–H and O–H groups in total.